The molecule has 0 aliphatic rings. The van der Waals surface area contributed by atoms with Crippen molar-refractivity contribution in [3.05, 3.63) is 89.4 Å². The lowest BCUT2D eigenvalue weighted by Gasteiger charge is -2.11. The normalized spacial score (nSPS) is 11.8. The van der Waals surface area contributed by atoms with Gasteiger partial charge in [0.1, 0.15) is 0 Å². The summed E-state index contributed by atoms with van der Waals surface area (Å²) in [6.45, 7) is 4.37. The van der Waals surface area contributed by atoms with Crippen molar-refractivity contribution in [2.45, 2.75) is 31.3 Å². The molecule has 0 fully saturated rings. The second-order valence-corrected chi connectivity index (χ2v) is 9.13. The summed E-state index contributed by atoms with van der Waals surface area (Å²) in [5, 5.41) is 13.1. The Balaban J connectivity index is 1.51. The maximum absolute atomic E-state index is 12.6. The highest BCUT2D eigenvalue weighted by Gasteiger charge is 2.17. The molecule has 0 aliphatic carbocycles. The molecule has 168 valence electrons. The molecule has 4 rings (SSSR count). The predicted octanol–water partition coefficient (Wildman–Crippen LogP) is 6.83. The fraction of sp³-hybridized carbons (Fsp3) is 0.192. The van der Waals surface area contributed by atoms with Gasteiger partial charge < -0.3 is 5.32 Å². The Hall–Kier alpha value is -3.09. The van der Waals surface area contributed by atoms with Crippen LogP contribution in [0.2, 0.25) is 5.02 Å². The van der Waals surface area contributed by atoms with E-state index in [0.717, 1.165) is 23.4 Å². The van der Waals surface area contributed by atoms with Crippen LogP contribution in [0.15, 0.2) is 84.0 Å². The number of halogens is 1. The van der Waals surface area contributed by atoms with E-state index >= 15 is 0 Å². The largest absolute Gasteiger partial charge is 0.325 e. The van der Waals surface area contributed by atoms with E-state index in [9.17, 15) is 4.79 Å². The topological polar surface area (TPSA) is 59.8 Å². The summed E-state index contributed by atoms with van der Waals surface area (Å²) in [6.07, 6.45) is 1.09. The summed E-state index contributed by atoms with van der Waals surface area (Å²) in [4.78, 5) is 12.6. The van der Waals surface area contributed by atoms with Crippen LogP contribution in [-0.4, -0.2) is 26.4 Å². The molecule has 1 amide bonds. The lowest BCUT2D eigenvalue weighted by molar-refractivity contribution is -0.113. The Morgan fingerprint density at radius 2 is 1.70 bits per heavy atom. The number of para-hydroxylation sites is 1. The molecule has 0 radical (unpaired) electrons. The second-order valence-electron chi connectivity index (χ2n) is 7.75. The molecule has 0 bridgehead atoms. The third-order valence-electron chi connectivity index (χ3n) is 5.46. The van der Waals surface area contributed by atoms with Gasteiger partial charge in [0.25, 0.3) is 0 Å². The zero-order valence-corrected chi connectivity index (χ0v) is 20.1. The van der Waals surface area contributed by atoms with Crippen LogP contribution in [0.4, 0.5) is 5.69 Å². The SMILES string of the molecule is CC[C@@H](C)c1ccc(NC(=O)CSc2nnc(-c3ccc(Cl)cc3)n2-c2ccccc2)cc1. The number of benzene rings is 3. The second kappa shape index (κ2) is 10.7. The van der Waals surface area contributed by atoms with Crippen LogP contribution in [-0.2, 0) is 4.79 Å². The molecule has 4 aromatic rings. The first-order valence-corrected chi connectivity index (χ1v) is 12.2. The third-order valence-corrected chi connectivity index (χ3v) is 6.64. The molecule has 3 aromatic carbocycles. The number of carbonyl (C=O) groups is 1. The van der Waals surface area contributed by atoms with Crippen LogP contribution in [0.3, 0.4) is 0 Å². The van der Waals surface area contributed by atoms with Crippen molar-refractivity contribution in [1.29, 1.82) is 0 Å². The van der Waals surface area contributed by atoms with Gasteiger partial charge in [0.15, 0.2) is 11.0 Å². The molecule has 0 spiro atoms. The van der Waals surface area contributed by atoms with E-state index in [1.807, 2.05) is 71.3 Å². The zero-order valence-electron chi connectivity index (χ0n) is 18.5. The van der Waals surface area contributed by atoms with Gasteiger partial charge in [-0.3, -0.25) is 9.36 Å². The van der Waals surface area contributed by atoms with Crippen LogP contribution >= 0.6 is 23.4 Å². The Morgan fingerprint density at radius 3 is 2.36 bits per heavy atom. The first kappa shape index (κ1) is 23.1. The lowest BCUT2D eigenvalue weighted by atomic mass is 9.99. The molecular weight excluding hydrogens is 452 g/mol. The number of rotatable bonds is 8. The summed E-state index contributed by atoms with van der Waals surface area (Å²) in [6, 6.07) is 25.4. The molecule has 0 aliphatic heterocycles. The van der Waals surface area contributed by atoms with E-state index in [0.29, 0.717) is 21.9 Å². The molecule has 1 atom stereocenters. The average Bonchev–Trinajstić information content (AvgIpc) is 3.27. The van der Waals surface area contributed by atoms with Gasteiger partial charge in [0.05, 0.1) is 5.75 Å². The Morgan fingerprint density at radius 1 is 1.00 bits per heavy atom. The fourth-order valence-electron chi connectivity index (χ4n) is 3.42. The molecule has 5 nitrogen and oxygen atoms in total. The zero-order chi connectivity index (χ0) is 23.2. The van der Waals surface area contributed by atoms with E-state index in [4.69, 9.17) is 11.6 Å². The lowest BCUT2D eigenvalue weighted by Crippen LogP contribution is -2.14. The van der Waals surface area contributed by atoms with Crippen molar-refractivity contribution in [3.63, 3.8) is 0 Å². The highest BCUT2D eigenvalue weighted by atomic mass is 35.5. The van der Waals surface area contributed by atoms with E-state index < -0.39 is 0 Å². The molecule has 33 heavy (non-hydrogen) atoms. The molecule has 0 saturated carbocycles. The van der Waals surface area contributed by atoms with Gasteiger partial charge in [0.2, 0.25) is 5.91 Å². The Kier molecular flexibility index (Phi) is 7.47. The fourth-order valence-corrected chi connectivity index (χ4v) is 4.29. The maximum atomic E-state index is 12.6. The van der Waals surface area contributed by atoms with Gasteiger partial charge >= 0.3 is 0 Å². The van der Waals surface area contributed by atoms with Crippen molar-refractivity contribution in [3.8, 4) is 17.1 Å². The predicted molar refractivity (Wildman–Crippen MR) is 136 cm³/mol. The van der Waals surface area contributed by atoms with Gasteiger partial charge in [-0.05, 0) is 66.4 Å². The number of aromatic nitrogens is 3. The molecule has 1 aromatic heterocycles. The quantitative estimate of drug-likeness (QED) is 0.283. The van der Waals surface area contributed by atoms with E-state index in [1.165, 1.54) is 17.3 Å². The smallest absolute Gasteiger partial charge is 0.234 e. The number of carbonyl (C=O) groups excluding carboxylic acids is 1. The van der Waals surface area contributed by atoms with E-state index in [-0.39, 0.29) is 11.7 Å². The van der Waals surface area contributed by atoms with Gasteiger partial charge in [-0.15, -0.1) is 10.2 Å². The minimum absolute atomic E-state index is 0.0908. The Bertz CT molecular complexity index is 1210. The molecule has 0 unspecified atom stereocenters. The summed E-state index contributed by atoms with van der Waals surface area (Å²) >= 11 is 7.40. The number of thioether (sulfide) groups is 1. The minimum Gasteiger partial charge on any atom is -0.325 e. The minimum atomic E-state index is -0.0908. The van der Waals surface area contributed by atoms with Crippen molar-refractivity contribution < 1.29 is 4.79 Å². The van der Waals surface area contributed by atoms with Crippen molar-refractivity contribution in [2.75, 3.05) is 11.1 Å². The first-order valence-electron chi connectivity index (χ1n) is 10.8. The van der Waals surface area contributed by atoms with E-state index in [1.54, 1.807) is 0 Å². The average molecular weight is 477 g/mol. The standard InChI is InChI=1S/C26H25ClN4OS/c1-3-18(2)19-11-15-22(16-12-19)28-24(32)17-33-26-30-29-25(20-9-13-21(27)14-10-20)31(26)23-7-5-4-6-8-23/h4-16,18H,3,17H2,1-2H3,(H,28,32)/t18-/m1/s1. The first-order chi connectivity index (χ1) is 16.0. The van der Waals surface area contributed by atoms with Crippen molar-refractivity contribution >= 4 is 35.0 Å². The summed E-state index contributed by atoms with van der Waals surface area (Å²) < 4.78 is 1.96. The van der Waals surface area contributed by atoms with Crippen molar-refractivity contribution in [1.82, 2.24) is 14.8 Å². The van der Waals surface area contributed by atoms with Gasteiger partial charge in [-0.25, -0.2) is 0 Å². The van der Waals surface area contributed by atoms with Gasteiger partial charge in [-0.2, -0.15) is 0 Å². The number of anilines is 1. The number of hydrogen-bond donors (Lipinski definition) is 1. The number of amides is 1. The summed E-state index contributed by atoms with van der Waals surface area (Å²) in [7, 11) is 0. The molecular formula is C26H25ClN4OS. The monoisotopic (exact) mass is 476 g/mol. The van der Waals surface area contributed by atoms with Crippen LogP contribution in [0.1, 0.15) is 31.7 Å². The number of nitrogens with zero attached hydrogens (tertiary/aromatic N) is 3. The van der Waals surface area contributed by atoms with E-state index in [2.05, 4.69) is 41.5 Å². The van der Waals surface area contributed by atoms with Gasteiger partial charge in [0, 0.05) is 22.0 Å². The molecule has 1 heterocycles. The Labute approximate surface area is 203 Å². The maximum Gasteiger partial charge on any atom is 0.234 e. The van der Waals surface area contributed by atoms with Gasteiger partial charge in [-0.1, -0.05) is 67.5 Å². The van der Waals surface area contributed by atoms with Crippen LogP contribution in [0, 0.1) is 0 Å². The molecule has 0 saturated heterocycles. The number of hydrogen-bond acceptors (Lipinski definition) is 4. The number of nitrogens with one attached hydrogen (secondary N) is 1. The summed E-state index contributed by atoms with van der Waals surface area (Å²) in [5.74, 6) is 1.33. The summed E-state index contributed by atoms with van der Waals surface area (Å²) in [5.41, 5.74) is 3.89. The highest BCUT2D eigenvalue weighted by molar-refractivity contribution is 7.99. The molecule has 1 N–H and O–H groups in total. The van der Waals surface area contributed by atoms with Crippen LogP contribution in [0.25, 0.3) is 17.1 Å². The van der Waals surface area contributed by atoms with Crippen molar-refractivity contribution in [2.24, 2.45) is 0 Å². The highest BCUT2D eigenvalue weighted by Crippen LogP contribution is 2.29. The van der Waals surface area contributed by atoms with Crippen LogP contribution in [0.5, 0.6) is 0 Å². The van der Waals surface area contributed by atoms with Crippen LogP contribution < -0.4 is 5.32 Å². The third kappa shape index (κ3) is 5.64. The molecule has 7 heteroatoms.